The zero-order valence-corrected chi connectivity index (χ0v) is 16.5. The minimum Gasteiger partial charge on any atom is -0.401 e. The molecule has 0 aliphatic carbocycles. The fourth-order valence-electron chi connectivity index (χ4n) is 3.19. The number of aliphatic hydroxyl groups excluding tert-OH is 1. The largest absolute Gasteiger partial charge is 0.401 e. The van der Waals surface area contributed by atoms with E-state index in [1.807, 2.05) is 19.2 Å². The summed E-state index contributed by atoms with van der Waals surface area (Å²) in [5.74, 6) is -0.324. The van der Waals surface area contributed by atoms with E-state index in [-0.39, 0.29) is 12.5 Å². The van der Waals surface area contributed by atoms with Gasteiger partial charge in [0.15, 0.2) is 0 Å². The van der Waals surface area contributed by atoms with Gasteiger partial charge in [0.05, 0.1) is 31.3 Å². The maximum Gasteiger partial charge on any atom is 0.112 e. The van der Waals surface area contributed by atoms with Crippen molar-refractivity contribution in [3.8, 4) is 0 Å². The van der Waals surface area contributed by atoms with Crippen LogP contribution in [-0.2, 0) is 9.47 Å². The molecule has 6 N–H and O–H groups in total. The number of alkyl halides is 1. The highest BCUT2D eigenvalue weighted by Crippen LogP contribution is 2.24. The van der Waals surface area contributed by atoms with Crippen LogP contribution in [0.25, 0.3) is 0 Å². The number of methoxy groups -OCH3 is 1. The fraction of sp³-hybridized carbons (Fsp3) is 0.550. The molecule has 1 aromatic carbocycles. The number of benzene rings is 1. The molecule has 1 saturated heterocycles. The first kappa shape index (κ1) is 22.3. The van der Waals surface area contributed by atoms with Gasteiger partial charge in [-0.3, -0.25) is 0 Å². The van der Waals surface area contributed by atoms with Gasteiger partial charge < -0.3 is 36.4 Å². The van der Waals surface area contributed by atoms with Crippen molar-refractivity contribution >= 4 is 5.71 Å². The monoisotopic (exact) mass is 394 g/mol. The van der Waals surface area contributed by atoms with Crippen molar-refractivity contribution in [1.82, 2.24) is 10.6 Å². The first-order chi connectivity index (χ1) is 13.5. The van der Waals surface area contributed by atoms with Crippen molar-refractivity contribution < 1.29 is 19.0 Å². The van der Waals surface area contributed by atoms with Gasteiger partial charge in [-0.05, 0) is 18.2 Å². The van der Waals surface area contributed by atoms with E-state index in [2.05, 4.69) is 10.6 Å². The number of ether oxygens (including phenoxy) is 2. The normalized spacial score (nSPS) is 22.1. The standard InChI is InChI=1S/C20H31FN4O3/c1-24-8-7-15(22)10-25-17(9-21)20(27-2)14-5-3-13(4-6-14)19(23)16-11-28-12-18(16)26/h3-6,10,16-18,20,23-26H,7-9,11-12,22H2,1-2H3/b15-10-,23-19?/t16?,17-,18?,20-/m1/s1. The molecule has 0 saturated carbocycles. The van der Waals surface area contributed by atoms with Crippen LogP contribution in [0.3, 0.4) is 0 Å². The molecule has 1 fully saturated rings. The van der Waals surface area contributed by atoms with Gasteiger partial charge in [0, 0.05) is 37.7 Å². The van der Waals surface area contributed by atoms with Gasteiger partial charge in [-0.2, -0.15) is 0 Å². The van der Waals surface area contributed by atoms with E-state index in [4.69, 9.17) is 20.6 Å². The molecule has 0 amide bonds. The quantitative estimate of drug-likeness (QED) is 0.359. The Morgan fingerprint density at radius 1 is 1.43 bits per heavy atom. The summed E-state index contributed by atoms with van der Waals surface area (Å²) in [5.41, 5.74) is 8.37. The van der Waals surface area contributed by atoms with Gasteiger partial charge in [0.1, 0.15) is 12.8 Å². The highest BCUT2D eigenvalue weighted by atomic mass is 19.1. The van der Waals surface area contributed by atoms with Gasteiger partial charge in [-0.15, -0.1) is 0 Å². The van der Waals surface area contributed by atoms with Crippen LogP contribution in [0.15, 0.2) is 36.2 Å². The third-order valence-electron chi connectivity index (χ3n) is 4.90. The molecule has 0 radical (unpaired) electrons. The topological polar surface area (TPSA) is 113 Å². The van der Waals surface area contributed by atoms with Gasteiger partial charge in [0.2, 0.25) is 0 Å². The Morgan fingerprint density at radius 3 is 2.68 bits per heavy atom. The number of rotatable bonds is 11. The second kappa shape index (κ2) is 11.1. The Kier molecular flexibility index (Phi) is 8.85. The second-order valence-corrected chi connectivity index (χ2v) is 6.90. The predicted octanol–water partition coefficient (Wildman–Crippen LogP) is 1.09. The minimum absolute atomic E-state index is 0.256. The molecule has 4 atom stereocenters. The van der Waals surface area contributed by atoms with Crippen LogP contribution in [0.5, 0.6) is 0 Å². The Balaban J connectivity index is 2.06. The lowest BCUT2D eigenvalue weighted by Crippen LogP contribution is -2.35. The summed E-state index contributed by atoms with van der Waals surface area (Å²) >= 11 is 0. The molecule has 0 bridgehead atoms. The summed E-state index contributed by atoms with van der Waals surface area (Å²) in [4.78, 5) is 0. The molecular formula is C20H31FN4O3. The molecule has 0 aromatic heterocycles. The van der Waals surface area contributed by atoms with Gasteiger partial charge in [-0.1, -0.05) is 24.3 Å². The smallest absolute Gasteiger partial charge is 0.112 e. The van der Waals surface area contributed by atoms with Crippen molar-refractivity contribution in [2.24, 2.45) is 11.7 Å². The van der Waals surface area contributed by atoms with E-state index in [1.165, 1.54) is 7.11 Å². The Morgan fingerprint density at radius 2 is 2.14 bits per heavy atom. The van der Waals surface area contributed by atoms with Crippen LogP contribution in [-0.4, -0.2) is 63.6 Å². The van der Waals surface area contributed by atoms with Gasteiger partial charge in [0.25, 0.3) is 0 Å². The van der Waals surface area contributed by atoms with Crippen molar-refractivity contribution in [1.29, 1.82) is 5.41 Å². The molecule has 1 heterocycles. The molecule has 8 heteroatoms. The van der Waals surface area contributed by atoms with Crippen molar-refractivity contribution in [2.45, 2.75) is 24.7 Å². The van der Waals surface area contributed by atoms with Gasteiger partial charge >= 0.3 is 0 Å². The molecule has 7 nitrogen and oxygen atoms in total. The van der Waals surface area contributed by atoms with Crippen molar-refractivity contribution in [3.05, 3.63) is 47.3 Å². The molecule has 2 unspecified atom stereocenters. The van der Waals surface area contributed by atoms with E-state index in [1.54, 1.807) is 18.3 Å². The van der Waals surface area contributed by atoms with E-state index < -0.39 is 24.9 Å². The number of aliphatic hydroxyl groups is 1. The van der Waals surface area contributed by atoms with Crippen LogP contribution < -0.4 is 16.4 Å². The molecule has 156 valence electrons. The zero-order valence-electron chi connectivity index (χ0n) is 16.5. The summed E-state index contributed by atoms with van der Waals surface area (Å²) in [6, 6.07) is 6.63. The van der Waals surface area contributed by atoms with E-state index in [9.17, 15) is 9.50 Å². The lowest BCUT2D eigenvalue weighted by atomic mass is 9.92. The van der Waals surface area contributed by atoms with Crippen LogP contribution >= 0.6 is 0 Å². The van der Waals surface area contributed by atoms with E-state index in [0.717, 1.165) is 12.1 Å². The van der Waals surface area contributed by atoms with E-state index >= 15 is 0 Å². The van der Waals surface area contributed by atoms with Crippen molar-refractivity contribution in [3.63, 3.8) is 0 Å². The van der Waals surface area contributed by atoms with Crippen LogP contribution in [0, 0.1) is 11.3 Å². The molecule has 1 aliphatic heterocycles. The maximum atomic E-state index is 13.6. The predicted molar refractivity (Wildman–Crippen MR) is 107 cm³/mol. The summed E-state index contributed by atoms with van der Waals surface area (Å²) < 4.78 is 24.4. The minimum atomic E-state index is -0.654. The Hall–Kier alpha value is -2.00. The molecule has 2 rings (SSSR count). The number of hydrogen-bond acceptors (Lipinski definition) is 7. The van der Waals surface area contributed by atoms with E-state index in [0.29, 0.717) is 30.0 Å². The summed E-state index contributed by atoms with van der Waals surface area (Å²) in [5, 5.41) is 24.2. The first-order valence-corrected chi connectivity index (χ1v) is 9.40. The zero-order chi connectivity index (χ0) is 20.5. The molecule has 1 aromatic rings. The number of nitrogens with two attached hydrogens (primary N) is 1. The summed E-state index contributed by atoms with van der Waals surface area (Å²) in [7, 11) is 3.38. The number of nitrogens with one attached hydrogen (secondary N) is 3. The maximum absolute atomic E-state index is 13.6. The van der Waals surface area contributed by atoms with Crippen LogP contribution in [0.4, 0.5) is 4.39 Å². The van der Waals surface area contributed by atoms with Crippen LogP contribution in [0.2, 0.25) is 0 Å². The lowest BCUT2D eigenvalue weighted by Gasteiger charge is -2.25. The summed E-state index contributed by atoms with van der Waals surface area (Å²) in [6.45, 7) is 0.715. The molecule has 0 spiro atoms. The Labute approximate surface area is 165 Å². The fourth-order valence-corrected chi connectivity index (χ4v) is 3.19. The molecular weight excluding hydrogens is 363 g/mol. The average molecular weight is 394 g/mol. The molecule has 1 aliphatic rings. The Bertz CT molecular complexity index is 653. The van der Waals surface area contributed by atoms with Crippen molar-refractivity contribution in [2.75, 3.05) is 40.6 Å². The number of halogens is 1. The second-order valence-electron chi connectivity index (χ2n) is 6.90. The highest BCUT2D eigenvalue weighted by Gasteiger charge is 2.30. The highest BCUT2D eigenvalue weighted by molar-refractivity contribution is 6.00. The third-order valence-corrected chi connectivity index (χ3v) is 4.90. The molecule has 28 heavy (non-hydrogen) atoms. The average Bonchev–Trinajstić information content (AvgIpc) is 3.15. The summed E-state index contributed by atoms with van der Waals surface area (Å²) in [6.07, 6.45) is 1.12. The van der Waals surface area contributed by atoms with Gasteiger partial charge in [-0.25, -0.2) is 4.39 Å². The number of hydrogen-bond donors (Lipinski definition) is 5. The first-order valence-electron chi connectivity index (χ1n) is 9.40. The van der Waals surface area contributed by atoms with Crippen LogP contribution in [0.1, 0.15) is 23.7 Å². The SMILES string of the molecule is CNCC/C(N)=C/N[C@H](CF)[C@H](OC)c1ccc(C(=N)C2COCC2O)cc1. The lowest BCUT2D eigenvalue weighted by molar-refractivity contribution is 0.0634. The third kappa shape index (κ3) is 5.75.